The van der Waals surface area contributed by atoms with Crippen molar-refractivity contribution in [3.63, 3.8) is 0 Å². The second kappa shape index (κ2) is 3.40. The lowest BCUT2D eigenvalue weighted by Gasteiger charge is -2.11. The SMILES string of the molecule is COC=C1CCC(=O)CC1. The molecular weight excluding hydrogens is 128 g/mol. The summed E-state index contributed by atoms with van der Waals surface area (Å²) < 4.78 is 4.84. The van der Waals surface area contributed by atoms with Crippen molar-refractivity contribution in [1.29, 1.82) is 0 Å². The van der Waals surface area contributed by atoms with Crippen LogP contribution in [0.2, 0.25) is 0 Å². The van der Waals surface area contributed by atoms with Crippen molar-refractivity contribution in [2.24, 2.45) is 0 Å². The summed E-state index contributed by atoms with van der Waals surface area (Å²) in [6, 6.07) is 0. The van der Waals surface area contributed by atoms with Crippen LogP contribution in [0.4, 0.5) is 0 Å². The monoisotopic (exact) mass is 140 g/mol. The summed E-state index contributed by atoms with van der Waals surface area (Å²) in [5.41, 5.74) is 1.27. The molecule has 0 heterocycles. The largest absolute Gasteiger partial charge is 0.504 e. The van der Waals surface area contributed by atoms with Gasteiger partial charge in [0, 0.05) is 12.8 Å². The summed E-state index contributed by atoms with van der Waals surface area (Å²) in [7, 11) is 1.64. The number of ketones is 1. The van der Waals surface area contributed by atoms with E-state index in [-0.39, 0.29) is 0 Å². The Kier molecular flexibility index (Phi) is 2.49. The Labute approximate surface area is 60.9 Å². The lowest BCUT2D eigenvalue weighted by molar-refractivity contribution is -0.119. The zero-order valence-electron chi connectivity index (χ0n) is 6.22. The number of carbonyl (C=O) groups excluding carboxylic acids is 1. The summed E-state index contributed by atoms with van der Waals surface area (Å²) in [5, 5.41) is 0. The number of allylic oxidation sites excluding steroid dienone is 1. The molecule has 1 aliphatic carbocycles. The van der Waals surface area contributed by atoms with E-state index in [9.17, 15) is 4.79 Å². The number of methoxy groups -OCH3 is 1. The normalized spacial score (nSPS) is 18.9. The van der Waals surface area contributed by atoms with Gasteiger partial charge in [0.1, 0.15) is 5.78 Å². The first-order chi connectivity index (χ1) is 4.83. The average molecular weight is 140 g/mol. The highest BCUT2D eigenvalue weighted by Gasteiger charge is 2.11. The van der Waals surface area contributed by atoms with Crippen LogP contribution in [0, 0.1) is 0 Å². The van der Waals surface area contributed by atoms with Crippen LogP contribution in [-0.2, 0) is 9.53 Å². The second-order valence-electron chi connectivity index (χ2n) is 2.55. The van der Waals surface area contributed by atoms with Gasteiger partial charge < -0.3 is 4.74 Å². The fourth-order valence-corrected chi connectivity index (χ4v) is 1.13. The molecule has 0 atom stereocenters. The zero-order valence-corrected chi connectivity index (χ0v) is 6.22. The molecule has 0 spiro atoms. The third kappa shape index (κ3) is 1.87. The molecule has 0 aromatic rings. The molecule has 0 unspecified atom stereocenters. The van der Waals surface area contributed by atoms with E-state index in [1.807, 2.05) is 0 Å². The molecule has 0 aromatic heterocycles. The molecule has 1 fully saturated rings. The van der Waals surface area contributed by atoms with Crippen LogP contribution in [0.1, 0.15) is 25.7 Å². The van der Waals surface area contributed by atoms with Crippen molar-refractivity contribution in [2.75, 3.05) is 7.11 Å². The second-order valence-corrected chi connectivity index (χ2v) is 2.55. The van der Waals surface area contributed by atoms with Gasteiger partial charge in [-0.15, -0.1) is 0 Å². The smallest absolute Gasteiger partial charge is 0.133 e. The molecule has 10 heavy (non-hydrogen) atoms. The van der Waals surface area contributed by atoms with Gasteiger partial charge >= 0.3 is 0 Å². The van der Waals surface area contributed by atoms with Crippen LogP contribution in [0.25, 0.3) is 0 Å². The van der Waals surface area contributed by atoms with Crippen LogP contribution in [0.15, 0.2) is 11.8 Å². The van der Waals surface area contributed by atoms with Gasteiger partial charge in [0.2, 0.25) is 0 Å². The standard InChI is InChI=1S/C8H12O2/c1-10-6-7-2-4-8(9)5-3-7/h6H,2-5H2,1H3. The lowest BCUT2D eigenvalue weighted by Crippen LogP contribution is -2.05. The average Bonchev–Trinajstić information content (AvgIpc) is 1.95. The molecule has 0 saturated heterocycles. The molecule has 2 nitrogen and oxygen atoms in total. The van der Waals surface area contributed by atoms with Crippen LogP contribution in [0.3, 0.4) is 0 Å². The minimum atomic E-state index is 0.383. The van der Waals surface area contributed by atoms with E-state index < -0.39 is 0 Å². The highest BCUT2D eigenvalue weighted by Crippen LogP contribution is 2.19. The number of Topliss-reactive ketones (excluding diaryl/α,β-unsaturated/α-hetero) is 1. The number of rotatable bonds is 1. The molecule has 1 rings (SSSR count). The number of carbonyl (C=O) groups is 1. The van der Waals surface area contributed by atoms with Crippen molar-refractivity contribution in [2.45, 2.75) is 25.7 Å². The van der Waals surface area contributed by atoms with Crippen molar-refractivity contribution < 1.29 is 9.53 Å². The fraction of sp³-hybridized carbons (Fsp3) is 0.625. The minimum Gasteiger partial charge on any atom is -0.504 e. The topological polar surface area (TPSA) is 26.3 Å². The Hall–Kier alpha value is -0.790. The Morgan fingerprint density at radius 1 is 1.30 bits per heavy atom. The van der Waals surface area contributed by atoms with E-state index in [4.69, 9.17) is 4.74 Å². The summed E-state index contributed by atoms with van der Waals surface area (Å²) in [5.74, 6) is 0.383. The molecule has 0 bridgehead atoms. The highest BCUT2D eigenvalue weighted by molar-refractivity contribution is 5.79. The molecule has 0 amide bonds. The minimum absolute atomic E-state index is 0.383. The van der Waals surface area contributed by atoms with Gasteiger partial charge in [0.05, 0.1) is 13.4 Å². The van der Waals surface area contributed by atoms with Crippen LogP contribution in [-0.4, -0.2) is 12.9 Å². The molecular formula is C8H12O2. The zero-order chi connectivity index (χ0) is 7.40. The third-order valence-corrected chi connectivity index (χ3v) is 1.73. The Morgan fingerprint density at radius 2 is 1.90 bits per heavy atom. The van der Waals surface area contributed by atoms with Gasteiger partial charge in [-0.25, -0.2) is 0 Å². The summed E-state index contributed by atoms with van der Waals surface area (Å²) >= 11 is 0. The van der Waals surface area contributed by atoms with Crippen LogP contribution >= 0.6 is 0 Å². The third-order valence-electron chi connectivity index (χ3n) is 1.73. The van der Waals surface area contributed by atoms with E-state index in [1.54, 1.807) is 13.4 Å². The van der Waals surface area contributed by atoms with Crippen LogP contribution in [0.5, 0.6) is 0 Å². The predicted molar refractivity (Wildman–Crippen MR) is 38.6 cm³/mol. The number of hydrogen-bond acceptors (Lipinski definition) is 2. The Morgan fingerprint density at radius 3 is 2.40 bits per heavy atom. The summed E-state index contributed by atoms with van der Waals surface area (Å²) in [6.07, 6.45) is 4.95. The maximum atomic E-state index is 10.7. The van der Waals surface area contributed by atoms with E-state index in [0.717, 1.165) is 12.8 Å². The Balaban J connectivity index is 2.39. The molecule has 1 saturated carbocycles. The highest BCUT2D eigenvalue weighted by atomic mass is 16.5. The molecule has 1 aliphatic rings. The van der Waals surface area contributed by atoms with Crippen molar-refractivity contribution in [3.05, 3.63) is 11.8 Å². The van der Waals surface area contributed by atoms with Gasteiger partial charge in [-0.3, -0.25) is 4.79 Å². The summed E-state index contributed by atoms with van der Waals surface area (Å²) in [6.45, 7) is 0. The number of ether oxygens (including phenoxy) is 1. The predicted octanol–water partition coefficient (Wildman–Crippen LogP) is 1.66. The first-order valence-corrected chi connectivity index (χ1v) is 3.55. The van der Waals surface area contributed by atoms with Crippen molar-refractivity contribution >= 4 is 5.78 Å². The molecule has 56 valence electrons. The van der Waals surface area contributed by atoms with Gasteiger partial charge in [0.15, 0.2) is 0 Å². The van der Waals surface area contributed by atoms with Gasteiger partial charge in [0.25, 0.3) is 0 Å². The van der Waals surface area contributed by atoms with Gasteiger partial charge in [-0.05, 0) is 18.4 Å². The first-order valence-electron chi connectivity index (χ1n) is 3.55. The molecule has 0 aromatic carbocycles. The van der Waals surface area contributed by atoms with Crippen molar-refractivity contribution in [3.8, 4) is 0 Å². The van der Waals surface area contributed by atoms with E-state index in [0.29, 0.717) is 18.6 Å². The van der Waals surface area contributed by atoms with Gasteiger partial charge in [-0.2, -0.15) is 0 Å². The molecule has 0 radical (unpaired) electrons. The quantitative estimate of drug-likeness (QED) is 0.518. The lowest BCUT2D eigenvalue weighted by atomic mass is 9.95. The van der Waals surface area contributed by atoms with E-state index >= 15 is 0 Å². The number of hydrogen-bond donors (Lipinski definition) is 0. The van der Waals surface area contributed by atoms with Crippen LogP contribution < -0.4 is 0 Å². The molecule has 0 N–H and O–H groups in total. The Bertz CT molecular complexity index is 147. The fourth-order valence-electron chi connectivity index (χ4n) is 1.13. The summed E-state index contributed by atoms with van der Waals surface area (Å²) in [4.78, 5) is 10.7. The maximum Gasteiger partial charge on any atom is 0.133 e. The van der Waals surface area contributed by atoms with Gasteiger partial charge in [-0.1, -0.05) is 0 Å². The van der Waals surface area contributed by atoms with E-state index in [2.05, 4.69) is 0 Å². The molecule has 2 heteroatoms. The maximum absolute atomic E-state index is 10.7. The first kappa shape index (κ1) is 7.32. The molecule has 0 aliphatic heterocycles. The van der Waals surface area contributed by atoms with E-state index in [1.165, 1.54) is 5.57 Å². The van der Waals surface area contributed by atoms with Crippen molar-refractivity contribution in [1.82, 2.24) is 0 Å².